The third-order valence-electron chi connectivity index (χ3n) is 9.58. The second kappa shape index (κ2) is 39.7. The maximum Gasteiger partial charge on any atom is 0.322 e. The fraction of sp³-hybridized carbons (Fsp3) is 0.841. The third kappa shape index (κ3) is 38.7. The van der Waals surface area contributed by atoms with E-state index < -0.39 is 5.97 Å². The van der Waals surface area contributed by atoms with Gasteiger partial charge in [0, 0.05) is 12.8 Å². The molecule has 0 aliphatic carbocycles. The summed E-state index contributed by atoms with van der Waals surface area (Å²) in [6, 6.07) is 0. The van der Waals surface area contributed by atoms with Crippen molar-refractivity contribution in [2.75, 3.05) is 6.54 Å². The van der Waals surface area contributed by atoms with Gasteiger partial charge in [0.15, 0.2) is 0 Å². The number of allylic oxidation sites excluding steroid dienone is 3. The zero-order valence-electron chi connectivity index (χ0n) is 33.0. The van der Waals surface area contributed by atoms with Gasteiger partial charge in [0.2, 0.25) is 5.91 Å². The molecule has 0 aromatic rings. The predicted molar refractivity (Wildman–Crippen MR) is 213 cm³/mol. The molecule has 0 saturated heterocycles. The van der Waals surface area contributed by atoms with Crippen LogP contribution in [0.2, 0.25) is 0 Å². The Labute approximate surface area is 309 Å². The van der Waals surface area contributed by atoms with Crippen molar-refractivity contribution in [3.05, 3.63) is 24.3 Å². The lowest BCUT2D eigenvalue weighted by atomic mass is 10.0. The number of carboxylic acids is 1. The highest BCUT2D eigenvalue weighted by atomic mass is 16.5. The van der Waals surface area contributed by atoms with Crippen molar-refractivity contribution in [3.63, 3.8) is 0 Å². The second-order valence-electron chi connectivity index (χ2n) is 14.6. The fourth-order valence-corrected chi connectivity index (χ4v) is 6.36. The summed E-state index contributed by atoms with van der Waals surface area (Å²) in [7, 11) is 0. The third-order valence-corrected chi connectivity index (χ3v) is 9.58. The normalized spacial score (nSPS) is 12.2. The summed E-state index contributed by atoms with van der Waals surface area (Å²) in [6.45, 7) is 4.21. The van der Waals surface area contributed by atoms with E-state index in [4.69, 9.17) is 9.84 Å². The number of esters is 1. The van der Waals surface area contributed by atoms with Gasteiger partial charge in [0.05, 0.1) is 0 Å². The lowest BCUT2D eigenvalue weighted by molar-refractivity contribution is -0.147. The van der Waals surface area contributed by atoms with Crippen LogP contribution in [-0.2, 0) is 19.1 Å². The van der Waals surface area contributed by atoms with Gasteiger partial charge in [0.1, 0.15) is 12.6 Å². The minimum atomic E-state index is -1.01. The molecule has 0 radical (unpaired) electrons. The lowest BCUT2D eigenvalue weighted by Gasteiger charge is -2.15. The summed E-state index contributed by atoms with van der Waals surface area (Å²) in [5.41, 5.74) is 0. The number of rotatable bonds is 39. The lowest BCUT2D eigenvalue weighted by Crippen LogP contribution is -2.28. The Morgan fingerprint density at radius 3 is 1.40 bits per heavy atom. The number of carbonyl (C=O) groups is 3. The molecule has 0 aromatic carbocycles. The molecule has 0 bridgehead atoms. The molecule has 6 nitrogen and oxygen atoms in total. The van der Waals surface area contributed by atoms with E-state index in [9.17, 15) is 14.4 Å². The van der Waals surface area contributed by atoms with Crippen molar-refractivity contribution < 1.29 is 24.2 Å². The highest BCUT2D eigenvalue weighted by Gasteiger charge is 2.12. The van der Waals surface area contributed by atoms with Crippen LogP contribution >= 0.6 is 0 Å². The monoisotopic (exact) mass is 704 g/mol. The Balaban J connectivity index is 4.03. The maximum absolute atomic E-state index is 12.7. The Bertz CT molecular complexity index is 823. The van der Waals surface area contributed by atoms with Gasteiger partial charge in [-0.1, -0.05) is 167 Å². The Kier molecular flexibility index (Phi) is 38.0. The summed E-state index contributed by atoms with van der Waals surface area (Å²) < 4.78 is 5.94. The number of hydrogen-bond acceptors (Lipinski definition) is 4. The average Bonchev–Trinajstić information content (AvgIpc) is 3.10. The van der Waals surface area contributed by atoms with Crippen LogP contribution in [0.1, 0.15) is 226 Å². The fourth-order valence-electron chi connectivity index (χ4n) is 6.36. The smallest absolute Gasteiger partial charge is 0.322 e. The number of carboxylic acid groups (broad SMARTS) is 1. The molecule has 1 unspecified atom stereocenters. The minimum Gasteiger partial charge on any atom is -0.480 e. The van der Waals surface area contributed by atoms with Gasteiger partial charge < -0.3 is 15.2 Å². The van der Waals surface area contributed by atoms with Gasteiger partial charge in [-0.3, -0.25) is 14.4 Å². The van der Waals surface area contributed by atoms with Crippen molar-refractivity contribution in [2.45, 2.75) is 232 Å². The predicted octanol–water partition coefficient (Wildman–Crippen LogP) is 13.1. The summed E-state index contributed by atoms with van der Waals surface area (Å²) in [4.78, 5) is 34.9. The minimum absolute atomic E-state index is 0.0542. The molecule has 292 valence electrons. The molecular weight excluding hydrogens is 622 g/mol. The summed E-state index contributed by atoms with van der Waals surface area (Å²) >= 11 is 0. The summed E-state index contributed by atoms with van der Waals surface area (Å²) in [5.74, 6) is -1.26. The van der Waals surface area contributed by atoms with Crippen molar-refractivity contribution in [1.29, 1.82) is 0 Å². The number of carbonyl (C=O) groups excluding carboxylic acids is 2. The Morgan fingerprint density at radius 1 is 0.520 bits per heavy atom. The molecule has 2 N–H and O–H groups in total. The van der Waals surface area contributed by atoms with Crippen LogP contribution in [0.5, 0.6) is 0 Å². The molecule has 1 amide bonds. The zero-order valence-corrected chi connectivity index (χ0v) is 33.0. The zero-order chi connectivity index (χ0) is 36.6. The van der Waals surface area contributed by atoms with E-state index in [2.05, 4.69) is 43.5 Å². The standard InChI is InChI=1S/C44H81NO5/c1-3-5-7-9-11-13-14-15-16-17-18-19-20-21-22-23-25-31-35-39-44(49)50-41(36-32-28-24-12-10-8-6-4-2)37-33-29-26-27-30-34-38-42(46)45-40-43(47)48/h15-16,32,36,41H,3-14,17-31,33-35,37-40H2,1-2H3,(H,45,46)(H,47,48)/b16-15-,36-32-. The van der Waals surface area contributed by atoms with Crippen LogP contribution in [0.4, 0.5) is 0 Å². The molecule has 0 spiro atoms. The van der Waals surface area contributed by atoms with E-state index >= 15 is 0 Å². The highest BCUT2D eigenvalue weighted by molar-refractivity contribution is 5.80. The van der Waals surface area contributed by atoms with Crippen LogP contribution in [0.15, 0.2) is 24.3 Å². The van der Waals surface area contributed by atoms with Gasteiger partial charge in [-0.05, 0) is 70.3 Å². The molecule has 1 atom stereocenters. The van der Waals surface area contributed by atoms with Crippen LogP contribution in [0.3, 0.4) is 0 Å². The molecule has 0 saturated carbocycles. The van der Waals surface area contributed by atoms with Crippen LogP contribution < -0.4 is 5.32 Å². The van der Waals surface area contributed by atoms with Crippen molar-refractivity contribution in [2.24, 2.45) is 0 Å². The molecule has 6 heteroatoms. The molecule has 0 aliphatic heterocycles. The van der Waals surface area contributed by atoms with Gasteiger partial charge in [-0.15, -0.1) is 0 Å². The van der Waals surface area contributed by atoms with E-state index in [0.717, 1.165) is 64.2 Å². The molecule has 0 rings (SSSR count). The molecule has 50 heavy (non-hydrogen) atoms. The molecule has 0 heterocycles. The number of nitrogens with one attached hydrogen (secondary N) is 1. The first-order chi connectivity index (χ1) is 24.5. The Hall–Kier alpha value is -2.11. The van der Waals surface area contributed by atoms with Crippen molar-refractivity contribution in [1.82, 2.24) is 5.32 Å². The summed E-state index contributed by atoms with van der Waals surface area (Å²) in [5, 5.41) is 11.1. The first-order valence-electron chi connectivity index (χ1n) is 21.5. The van der Waals surface area contributed by atoms with Crippen LogP contribution in [0.25, 0.3) is 0 Å². The number of unbranched alkanes of at least 4 members (excludes halogenated alkanes) is 26. The molecular formula is C44H81NO5. The van der Waals surface area contributed by atoms with E-state index in [1.165, 1.54) is 135 Å². The molecule has 0 fully saturated rings. The van der Waals surface area contributed by atoms with E-state index in [1.807, 2.05) is 0 Å². The number of amides is 1. The second-order valence-corrected chi connectivity index (χ2v) is 14.6. The largest absolute Gasteiger partial charge is 0.480 e. The van der Waals surface area contributed by atoms with Gasteiger partial charge >= 0.3 is 11.9 Å². The quantitative estimate of drug-likeness (QED) is 0.0378. The van der Waals surface area contributed by atoms with Crippen molar-refractivity contribution >= 4 is 17.8 Å². The van der Waals surface area contributed by atoms with Crippen molar-refractivity contribution in [3.8, 4) is 0 Å². The van der Waals surface area contributed by atoms with Gasteiger partial charge in [-0.25, -0.2) is 0 Å². The topological polar surface area (TPSA) is 92.7 Å². The van der Waals surface area contributed by atoms with Crippen LogP contribution in [-0.4, -0.2) is 35.6 Å². The Morgan fingerprint density at radius 2 is 0.920 bits per heavy atom. The van der Waals surface area contributed by atoms with E-state index in [-0.39, 0.29) is 24.5 Å². The van der Waals surface area contributed by atoms with Gasteiger partial charge in [0.25, 0.3) is 0 Å². The number of aliphatic carboxylic acids is 1. The highest BCUT2D eigenvalue weighted by Crippen LogP contribution is 2.16. The van der Waals surface area contributed by atoms with Crippen LogP contribution in [0, 0.1) is 0 Å². The first kappa shape index (κ1) is 47.9. The molecule has 0 aromatic heterocycles. The number of hydrogen-bond donors (Lipinski definition) is 2. The average molecular weight is 704 g/mol. The van der Waals surface area contributed by atoms with Gasteiger partial charge in [-0.2, -0.15) is 0 Å². The number of ether oxygens (including phenoxy) is 1. The van der Waals surface area contributed by atoms with E-state index in [1.54, 1.807) is 0 Å². The SMILES string of the molecule is CCCCCCCC/C=C\CCCCCCCCCCCC(=O)OC(/C=C\CCCCCCCC)CCCCCCCCC(=O)NCC(=O)O. The summed E-state index contributed by atoms with van der Waals surface area (Å²) in [6.07, 6.45) is 47.5. The molecule has 0 aliphatic rings. The van der Waals surface area contributed by atoms with E-state index in [0.29, 0.717) is 12.8 Å². The first-order valence-corrected chi connectivity index (χ1v) is 21.5. The maximum atomic E-state index is 12.7.